The van der Waals surface area contributed by atoms with Crippen molar-refractivity contribution >= 4 is 39.3 Å². The third-order valence-corrected chi connectivity index (χ3v) is 8.92. The van der Waals surface area contributed by atoms with E-state index in [9.17, 15) is 34.6 Å². The number of nitrogens with one attached hydrogen (secondary N) is 3. The number of H-pyrrole nitrogens is 1. The Morgan fingerprint density at radius 1 is 1.11 bits per heavy atom. The van der Waals surface area contributed by atoms with E-state index in [0.29, 0.717) is 12.9 Å². The van der Waals surface area contributed by atoms with Gasteiger partial charge < -0.3 is 0 Å². The topological polar surface area (TPSA) is 298 Å². The van der Waals surface area contributed by atoms with Crippen LogP contribution in [0.2, 0.25) is 0 Å². The van der Waals surface area contributed by atoms with Crippen molar-refractivity contribution in [3.63, 3.8) is 0 Å². The van der Waals surface area contributed by atoms with E-state index in [-0.39, 0.29) is 23.0 Å². The summed E-state index contributed by atoms with van der Waals surface area (Å²) in [5, 5.41) is 28.2. The summed E-state index contributed by atoms with van der Waals surface area (Å²) >= 11 is 0. The van der Waals surface area contributed by atoms with Crippen LogP contribution in [0.5, 0.6) is 11.5 Å². The average molecular weight is 660 g/mol. The van der Waals surface area contributed by atoms with Gasteiger partial charge in [-0.25, -0.2) is 0 Å². The molecule has 3 unspecified atom stereocenters. The number of aromatic amines is 1. The van der Waals surface area contributed by atoms with Crippen LogP contribution in [-0.2, 0) is 24.9 Å². The summed E-state index contributed by atoms with van der Waals surface area (Å²) in [4.78, 5) is 66.7. The molecule has 2 bridgehead atoms. The molecular weight excluding hydrogens is 634 g/mol. The summed E-state index contributed by atoms with van der Waals surface area (Å²) in [6.07, 6.45) is 3.29. The van der Waals surface area contributed by atoms with E-state index in [0.717, 1.165) is 17.2 Å². The Morgan fingerprint density at radius 2 is 1.93 bits per heavy atom. The van der Waals surface area contributed by atoms with Gasteiger partial charge in [0.1, 0.15) is 0 Å². The van der Waals surface area contributed by atoms with Gasteiger partial charge in [-0.1, -0.05) is 0 Å². The van der Waals surface area contributed by atoms with Gasteiger partial charge in [0.05, 0.1) is 0 Å². The Kier molecular flexibility index (Phi) is 6.81. The van der Waals surface area contributed by atoms with Crippen molar-refractivity contribution in [2.24, 2.45) is 11.7 Å². The molecule has 0 aromatic carbocycles. The number of aliphatic hydroxyl groups is 1. The molecule has 0 amide bonds. The summed E-state index contributed by atoms with van der Waals surface area (Å²) in [6, 6.07) is 0. The number of fused-ring (bicyclic) bond motifs is 5. The molecule has 0 spiro atoms. The van der Waals surface area contributed by atoms with Crippen molar-refractivity contribution in [2.45, 2.75) is 25.0 Å². The van der Waals surface area contributed by atoms with Crippen LogP contribution in [0.3, 0.4) is 0 Å². The monoisotopic (exact) mass is 660 g/mol. The molecule has 23 heteroatoms. The number of furan rings is 1. The Hall–Kier alpha value is -3.85. The first kappa shape index (κ1) is 28.9. The fourth-order valence-corrected chi connectivity index (χ4v) is 6.65. The van der Waals surface area contributed by atoms with Gasteiger partial charge in [0, 0.05) is 0 Å². The van der Waals surface area contributed by atoms with Crippen LogP contribution in [-0.4, -0.2) is 74.4 Å². The zero-order valence-corrected chi connectivity index (χ0v) is 24.0. The zero-order valence-electron chi connectivity index (χ0n) is 22.0. The van der Waals surface area contributed by atoms with Gasteiger partial charge in [0.15, 0.2) is 0 Å². The number of imidazole rings is 1. The first-order chi connectivity index (χ1) is 20.9. The number of rotatable bonds is 2. The van der Waals surface area contributed by atoms with E-state index in [2.05, 4.69) is 25.6 Å². The average Bonchev–Trinajstić information content (AvgIpc) is 3.73. The zero-order chi connectivity index (χ0) is 31.0. The molecular formula is C21H26N8O13P2. The Bertz CT molecular complexity index is 1780. The van der Waals surface area contributed by atoms with Gasteiger partial charge in [-0.15, -0.1) is 0 Å². The fourth-order valence-electron chi connectivity index (χ4n) is 4.99. The molecule has 4 aliphatic rings. The third kappa shape index (κ3) is 4.85. The number of anilines is 1. The number of aliphatic hydroxyl groups excluding tert-OH is 1. The third-order valence-electron chi connectivity index (χ3n) is 7.02. The van der Waals surface area contributed by atoms with Gasteiger partial charge in [0.25, 0.3) is 0 Å². The number of aromatic hydroxyl groups is 1. The number of ether oxygens (including phenoxy) is 1. The Balaban J connectivity index is 1.26. The number of hydrogen-bond donors (Lipinski definition) is 10. The molecule has 0 aliphatic carbocycles. The molecule has 21 nitrogen and oxygen atoms in total. The van der Waals surface area contributed by atoms with Crippen LogP contribution < -0.4 is 31.4 Å². The molecule has 0 radical (unpaired) electrons. The van der Waals surface area contributed by atoms with Crippen LogP contribution in [0.15, 0.2) is 51.9 Å². The predicted molar refractivity (Wildman–Crippen MR) is 148 cm³/mol. The second kappa shape index (κ2) is 10.4. The summed E-state index contributed by atoms with van der Waals surface area (Å²) in [5.41, 5.74) is 5.33. The molecule has 1 saturated heterocycles. The van der Waals surface area contributed by atoms with E-state index >= 15 is 0 Å². The maximum atomic E-state index is 12.1. The van der Waals surface area contributed by atoms with Gasteiger partial charge in [0.2, 0.25) is 0 Å². The van der Waals surface area contributed by atoms with Gasteiger partial charge in [-0.2, -0.15) is 0 Å². The number of nitrogens with zero attached hydrogens (tertiary/aromatic N) is 4. The quantitative estimate of drug-likeness (QED) is 0.132. The second-order valence-corrected chi connectivity index (χ2v) is 12.9. The van der Waals surface area contributed by atoms with Crippen LogP contribution in [0.4, 0.5) is 5.88 Å². The number of nitrogens with two attached hydrogens (primary N) is 1. The summed E-state index contributed by atoms with van der Waals surface area (Å²) < 4.78 is 33.2. The van der Waals surface area contributed by atoms with Gasteiger partial charge in [-0.3, -0.25) is 0 Å². The maximum absolute atomic E-state index is 12.1. The van der Waals surface area contributed by atoms with Crippen molar-refractivity contribution < 1.29 is 57.0 Å². The summed E-state index contributed by atoms with van der Waals surface area (Å²) in [7, 11) is -10.5. The number of hydrogen-bond acceptors (Lipinski definition) is 19. The van der Waals surface area contributed by atoms with E-state index in [1.165, 1.54) is 4.90 Å². The van der Waals surface area contributed by atoms with E-state index in [4.69, 9.17) is 33.0 Å². The molecule has 44 heavy (non-hydrogen) atoms. The summed E-state index contributed by atoms with van der Waals surface area (Å²) in [5.74, 6) is -3.81. The van der Waals surface area contributed by atoms with E-state index in [1.807, 2.05) is 0 Å². The first-order valence-corrected chi connectivity index (χ1v) is 16.2. The predicted octanol–water partition coefficient (Wildman–Crippen LogP) is -2.08. The fraction of sp³-hybridized carbons (Fsp3) is 0.286. The van der Waals surface area contributed by atoms with Crippen molar-refractivity contribution in [2.75, 3.05) is 11.6 Å². The Labute approximate surface area is 245 Å². The normalized spacial score (nSPS) is 30.2. The molecule has 1 fully saturated rings. The molecule has 0 saturated carbocycles. The molecule has 3 aromatic rings. The summed E-state index contributed by atoms with van der Waals surface area (Å²) in [6.45, 7) is -0.516. The van der Waals surface area contributed by atoms with Crippen molar-refractivity contribution in [1.82, 2.24) is 30.2 Å². The Morgan fingerprint density at radius 3 is 2.75 bits per heavy atom. The molecule has 7 rings (SSSR count). The second-order valence-electron chi connectivity index (χ2n) is 9.81. The molecule has 4 aliphatic heterocycles. The van der Waals surface area contributed by atoms with Crippen molar-refractivity contribution in [3.05, 3.63) is 58.8 Å². The molecule has 238 valence electrons. The minimum absolute atomic E-state index is 0.0635. The van der Waals surface area contributed by atoms with Crippen molar-refractivity contribution in [1.29, 1.82) is 0 Å². The SMILES string of the molecule is NC1NCNC2C1C=CN2c1oc2c(c1O)O[PH](O)(O)O/C=C1/OC(n3cnc4c(=O)[nH]cnc43)=C(O[PH](O)(O)OC2)[C@@H]1O. The van der Waals surface area contributed by atoms with Crippen LogP contribution in [0, 0.1) is 5.92 Å². The molecule has 3 aromatic heterocycles. The molecule has 7 heterocycles. The molecule has 4 atom stereocenters. The number of aromatic nitrogens is 4. The van der Waals surface area contributed by atoms with Crippen LogP contribution >= 0.6 is 16.3 Å². The van der Waals surface area contributed by atoms with E-state index in [1.54, 1.807) is 12.3 Å². The minimum atomic E-state index is -5.26. The van der Waals surface area contributed by atoms with Gasteiger partial charge in [-0.05, 0) is 0 Å². The van der Waals surface area contributed by atoms with Gasteiger partial charge >= 0.3 is 245 Å². The molecule has 11 N–H and O–H groups in total. The first-order valence-electron chi connectivity index (χ1n) is 12.8. The van der Waals surface area contributed by atoms with Crippen LogP contribution in [0.1, 0.15) is 5.76 Å². The standard InChI is InChI=1S/C21H26N8O13P2/c22-16-8-1-2-28(17(8)24-5-23-16)20-13(31)14-10(40-20)4-38-44(35,36)42-15-12(30)9(3-37-43(33,34)41-14)39-21(15)29-7-27-11-18(29)25-6-26-19(11)32/h1-3,6-8,12,16-17,23-24,30-31,33-36,43-44H,4-5,22H2,(H,25,26,32)/b9-3+/t8?,12-,16?,17?/m1/s1. The van der Waals surface area contributed by atoms with Crippen LogP contribution in [0.25, 0.3) is 17.0 Å². The van der Waals surface area contributed by atoms with E-state index < -0.39 is 81.6 Å². The van der Waals surface area contributed by atoms with Crippen molar-refractivity contribution in [3.8, 4) is 11.5 Å².